The monoisotopic (exact) mass is 241 g/mol. The van der Waals surface area contributed by atoms with Crippen molar-refractivity contribution in [1.29, 1.82) is 0 Å². The lowest BCUT2D eigenvalue weighted by Crippen LogP contribution is -2.45. The molecule has 1 unspecified atom stereocenters. The van der Waals surface area contributed by atoms with Crippen LogP contribution in [0.3, 0.4) is 0 Å². The summed E-state index contributed by atoms with van der Waals surface area (Å²) in [6.45, 7) is 2.82. The third-order valence-corrected chi connectivity index (χ3v) is 2.50. The van der Waals surface area contributed by atoms with Crippen LogP contribution in [0.15, 0.2) is 0 Å². The first-order valence-electron chi connectivity index (χ1n) is 5.68. The topological polar surface area (TPSA) is 69.4 Å². The first kappa shape index (κ1) is 15.6. The number of unbranched alkanes of at least 4 members (excludes halogenated alkanes) is 2. The number of nitro groups is 1. The van der Waals surface area contributed by atoms with Crippen molar-refractivity contribution in [2.24, 2.45) is 0 Å². The van der Waals surface area contributed by atoms with Crippen LogP contribution in [-0.4, -0.2) is 29.5 Å². The average molecular weight is 241 g/mol. The van der Waals surface area contributed by atoms with E-state index in [-0.39, 0.29) is 12.4 Å². The van der Waals surface area contributed by atoms with Gasteiger partial charge in [0.2, 0.25) is 6.54 Å². The fourth-order valence-corrected chi connectivity index (χ4v) is 1.46. The van der Waals surface area contributed by atoms with Crippen molar-refractivity contribution in [3.05, 3.63) is 10.1 Å². The lowest BCUT2D eigenvalue weighted by Gasteiger charge is -2.23. The van der Waals surface area contributed by atoms with Crippen LogP contribution in [0.4, 0.5) is 0 Å². The average Bonchev–Trinajstić information content (AvgIpc) is 2.25. The second-order valence-electron chi connectivity index (χ2n) is 4.09. The van der Waals surface area contributed by atoms with Crippen LogP contribution in [0.2, 0.25) is 0 Å². The maximum Gasteiger partial charge on any atom is 0.239 e. The van der Waals surface area contributed by atoms with Crippen molar-refractivity contribution >= 4 is 5.78 Å². The lowest BCUT2D eigenvalue weighted by molar-refractivity contribution is -0.496. The normalized spacial score (nSPS) is 13.7. The predicted octanol–water partition coefficient (Wildman–Crippen LogP) is 1.82. The van der Waals surface area contributed by atoms with Gasteiger partial charge in [0.25, 0.3) is 0 Å². The molecule has 0 saturated carbocycles. The van der Waals surface area contributed by atoms with Gasteiger partial charge in [-0.3, -0.25) is 14.9 Å². The zero-order valence-corrected chi connectivity index (χ0v) is 10.4. The van der Waals surface area contributed by atoms with Gasteiger partial charge in [-0.25, -0.2) is 0 Å². The standard InChI is InChI=1S/C12H19NO4/c1-4-6-7-8-11(14)12(3,10-13(15)16)17-9-5-2/h2H,4,6-10H2,1,3H3. The van der Waals surface area contributed by atoms with E-state index >= 15 is 0 Å². The molecular weight excluding hydrogens is 222 g/mol. The molecule has 0 radical (unpaired) electrons. The molecule has 0 fully saturated rings. The Labute approximate surface area is 102 Å². The molecule has 0 aliphatic heterocycles. The molecule has 0 rings (SSSR count). The van der Waals surface area contributed by atoms with E-state index in [0.717, 1.165) is 19.3 Å². The molecule has 0 aromatic rings. The van der Waals surface area contributed by atoms with Gasteiger partial charge in [0.15, 0.2) is 11.4 Å². The maximum atomic E-state index is 11.9. The molecule has 1 atom stereocenters. The van der Waals surface area contributed by atoms with E-state index in [0.29, 0.717) is 6.42 Å². The summed E-state index contributed by atoms with van der Waals surface area (Å²) in [6.07, 6.45) is 7.97. The molecule has 0 bridgehead atoms. The number of carbonyl (C=O) groups is 1. The van der Waals surface area contributed by atoms with Gasteiger partial charge in [0.1, 0.15) is 6.61 Å². The number of carbonyl (C=O) groups excluding carboxylic acids is 1. The molecule has 0 saturated heterocycles. The molecule has 0 N–H and O–H groups in total. The van der Waals surface area contributed by atoms with E-state index in [2.05, 4.69) is 5.92 Å². The van der Waals surface area contributed by atoms with Crippen molar-refractivity contribution in [3.63, 3.8) is 0 Å². The van der Waals surface area contributed by atoms with Crippen molar-refractivity contribution in [1.82, 2.24) is 0 Å². The summed E-state index contributed by atoms with van der Waals surface area (Å²) in [6, 6.07) is 0. The summed E-state index contributed by atoms with van der Waals surface area (Å²) in [5.74, 6) is 1.97. The van der Waals surface area contributed by atoms with Crippen LogP contribution in [-0.2, 0) is 9.53 Å². The molecule has 5 heteroatoms. The van der Waals surface area contributed by atoms with E-state index in [1.807, 2.05) is 6.92 Å². The Hall–Kier alpha value is -1.41. The van der Waals surface area contributed by atoms with E-state index in [4.69, 9.17) is 11.2 Å². The molecule has 0 aromatic carbocycles. The van der Waals surface area contributed by atoms with Crippen molar-refractivity contribution < 1.29 is 14.5 Å². The predicted molar refractivity (Wildman–Crippen MR) is 64.2 cm³/mol. The number of rotatable bonds is 9. The maximum absolute atomic E-state index is 11.9. The summed E-state index contributed by atoms with van der Waals surface area (Å²) >= 11 is 0. The van der Waals surface area contributed by atoms with E-state index in [1.165, 1.54) is 6.92 Å². The fraction of sp³-hybridized carbons (Fsp3) is 0.750. The van der Waals surface area contributed by atoms with Crippen LogP contribution >= 0.6 is 0 Å². The van der Waals surface area contributed by atoms with Gasteiger partial charge in [-0.05, 0) is 13.3 Å². The Morgan fingerprint density at radius 1 is 1.53 bits per heavy atom. The number of ketones is 1. The van der Waals surface area contributed by atoms with Crippen LogP contribution in [0.1, 0.15) is 39.5 Å². The highest BCUT2D eigenvalue weighted by molar-refractivity contribution is 5.87. The molecule has 0 heterocycles. The molecule has 0 aliphatic carbocycles. The Morgan fingerprint density at radius 2 is 2.18 bits per heavy atom. The van der Waals surface area contributed by atoms with Crippen LogP contribution < -0.4 is 0 Å². The molecular formula is C12H19NO4. The van der Waals surface area contributed by atoms with Crippen molar-refractivity contribution in [2.75, 3.05) is 13.2 Å². The van der Waals surface area contributed by atoms with Crippen molar-refractivity contribution in [2.45, 2.75) is 45.1 Å². The fourth-order valence-electron chi connectivity index (χ4n) is 1.46. The van der Waals surface area contributed by atoms with E-state index in [1.54, 1.807) is 0 Å². The zero-order valence-electron chi connectivity index (χ0n) is 10.4. The molecule has 0 spiro atoms. The highest BCUT2D eigenvalue weighted by atomic mass is 16.6. The SMILES string of the molecule is C#CCOC(C)(C[N+](=O)[O-])C(=O)CCCCC. The quantitative estimate of drug-likeness (QED) is 0.267. The van der Waals surface area contributed by atoms with E-state index in [9.17, 15) is 14.9 Å². The Kier molecular flexibility index (Phi) is 7.15. The second-order valence-corrected chi connectivity index (χ2v) is 4.09. The highest BCUT2D eigenvalue weighted by Gasteiger charge is 2.38. The molecule has 0 aliphatic rings. The number of nitrogens with zero attached hydrogens (tertiary/aromatic N) is 1. The van der Waals surface area contributed by atoms with Gasteiger partial charge in [0, 0.05) is 11.3 Å². The molecule has 0 amide bonds. The van der Waals surface area contributed by atoms with Crippen LogP contribution in [0.25, 0.3) is 0 Å². The third-order valence-electron chi connectivity index (χ3n) is 2.50. The van der Waals surface area contributed by atoms with Crippen LogP contribution in [0, 0.1) is 22.5 Å². The van der Waals surface area contributed by atoms with Gasteiger partial charge in [0.05, 0.1) is 0 Å². The van der Waals surface area contributed by atoms with Gasteiger partial charge in [-0.15, -0.1) is 6.42 Å². The summed E-state index contributed by atoms with van der Waals surface area (Å²) in [5, 5.41) is 10.5. The van der Waals surface area contributed by atoms with Gasteiger partial charge in [-0.1, -0.05) is 25.7 Å². The lowest BCUT2D eigenvalue weighted by atomic mass is 9.96. The minimum absolute atomic E-state index is 0.0934. The largest absolute Gasteiger partial charge is 0.348 e. The van der Waals surface area contributed by atoms with Crippen LogP contribution in [0.5, 0.6) is 0 Å². The van der Waals surface area contributed by atoms with Gasteiger partial charge < -0.3 is 4.74 Å². The third kappa shape index (κ3) is 6.03. The number of ether oxygens (including phenoxy) is 1. The molecule has 5 nitrogen and oxygen atoms in total. The molecule has 0 aromatic heterocycles. The van der Waals surface area contributed by atoms with Crippen molar-refractivity contribution in [3.8, 4) is 12.3 Å². The zero-order chi connectivity index (χ0) is 13.3. The highest BCUT2D eigenvalue weighted by Crippen LogP contribution is 2.16. The minimum Gasteiger partial charge on any atom is -0.348 e. The summed E-state index contributed by atoms with van der Waals surface area (Å²) in [7, 11) is 0. The number of hydrogen-bond donors (Lipinski definition) is 0. The second kappa shape index (κ2) is 7.80. The van der Waals surface area contributed by atoms with Gasteiger partial charge in [-0.2, -0.15) is 0 Å². The molecule has 17 heavy (non-hydrogen) atoms. The molecule has 96 valence electrons. The van der Waals surface area contributed by atoms with Gasteiger partial charge >= 0.3 is 0 Å². The minimum atomic E-state index is -1.40. The number of terminal acetylenes is 1. The first-order valence-corrected chi connectivity index (χ1v) is 5.68. The number of hydrogen-bond acceptors (Lipinski definition) is 4. The Bertz CT molecular complexity index is 308. The Balaban J connectivity index is 4.49. The van der Waals surface area contributed by atoms with E-state index < -0.39 is 17.1 Å². The first-order chi connectivity index (χ1) is 7.96. The summed E-state index contributed by atoms with van der Waals surface area (Å²) in [4.78, 5) is 21.9. The summed E-state index contributed by atoms with van der Waals surface area (Å²) in [5.41, 5.74) is -1.40. The summed E-state index contributed by atoms with van der Waals surface area (Å²) < 4.78 is 5.15. The smallest absolute Gasteiger partial charge is 0.239 e. The Morgan fingerprint density at radius 3 is 2.65 bits per heavy atom. The number of Topliss-reactive ketones (excluding diaryl/α,β-unsaturated/α-hetero) is 1.